The van der Waals surface area contributed by atoms with Crippen molar-refractivity contribution in [3.63, 3.8) is 0 Å². The summed E-state index contributed by atoms with van der Waals surface area (Å²) in [4.78, 5) is 62.1. The van der Waals surface area contributed by atoms with E-state index in [2.05, 4.69) is 20.8 Å². The Bertz CT molecular complexity index is 1780. The minimum atomic E-state index is -1.51. The zero-order chi connectivity index (χ0) is 34.1. The number of alkyl carbamates (subject to hydrolysis) is 1. The smallest absolute Gasteiger partial charge is 0.443 e. The lowest BCUT2D eigenvalue weighted by Crippen LogP contribution is -2.55. The first-order valence-corrected chi connectivity index (χ1v) is 14.3. The van der Waals surface area contributed by atoms with Crippen LogP contribution in [0.1, 0.15) is 55.9 Å². The van der Waals surface area contributed by atoms with Crippen LogP contribution in [-0.2, 0) is 43.6 Å². The molecule has 0 aliphatic heterocycles. The Morgan fingerprint density at radius 2 is 1.73 bits per heavy atom. The Balaban J connectivity index is 0.00000625. The quantitative estimate of drug-likeness (QED) is 0.176. The number of carbonyl (C=O) groups excluding carboxylic acids is 4. The van der Waals surface area contributed by atoms with E-state index < -0.39 is 48.0 Å². The van der Waals surface area contributed by atoms with Crippen LogP contribution in [0.25, 0.3) is 5.65 Å². The molecule has 0 bridgehead atoms. The van der Waals surface area contributed by atoms with E-state index in [1.807, 2.05) is 30.3 Å². The van der Waals surface area contributed by atoms with Crippen molar-refractivity contribution < 1.29 is 42.2 Å². The predicted octanol–water partition coefficient (Wildman–Crippen LogP) is 2.35. The second kappa shape index (κ2) is 16.2. The molecule has 4 aromatic rings. The van der Waals surface area contributed by atoms with Crippen molar-refractivity contribution in [2.75, 3.05) is 20.2 Å². The SMILES string of the molecule is C.Cc1oc(=O)oc1COC(=O)NC(C)(C)C(=O)NC(COCc1ccccc1)c1nnc2cccc(COC(=O)N(C)CC(N)=O)n12. The number of primary amides is 1. The van der Waals surface area contributed by atoms with Crippen LogP contribution in [0, 0.1) is 6.92 Å². The number of aromatic nitrogens is 3. The molecular weight excluding hydrogens is 630 g/mol. The van der Waals surface area contributed by atoms with Crippen molar-refractivity contribution in [1.29, 1.82) is 0 Å². The maximum Gasteiger partial charge on any atom is 0.519 e. The summed E-state index contributed by atoms with van der Waals surface area (Å²) in [6.07, 6.45) is -1.74. The first-order valence-electron chi connectivity index (χ1n) is 14.3. The average Bonchev–Trinajstić information content (AvgIpc) is 3.60. The fourth-order valence-electron chi connectivity index (χ4n) is 4.29. The molecule has 1 atom stereocenters. The normalized spacial score (nSPS) is 11.7. The third-order valence-electron chi connectivity index (χ3n) is 6.75. The number of fused-ring (bicyclic) bond motifs is 1. The van der Waals surface area contributed by atoms with Crippen molar-refractivity contribution in [2.24, 2.45) is 5.73 Å². The maximum atomic E-state index is 13.6. The highest BCUT2D eigenvalue weighted by molar-refractivity contribution is 5.89. The first kappa shape index (κ1) is 36.8. The van der Waals surface area contributed by atoms with Crippen LogP contribution in [0.5, 0.6) is 0 Å². The summed E-state index contributed by atoms with van der Waals surface area (Å²) in [5, 5.41) is 13.9. The molecule has 4 N–H and O–H groups in total. The Hall–Kier alpha value is -5.71. The summed E-state index contributed by atoms with van der Waals surface area (Å²) < 4.78 is 27.6. The van der Waals surface area contributed by atoms with Gasteiger partial charge in [-0.25, -0.2) is 14.4 Å². The zero-order valence-corrected chi connectivity index (χ0v) is 26.2. The van der Waals surface area contributed by atoms with Gasteiger partial charge in [0.1, 0.15) is 24.7 Å². The number of pyridine rings is 1. The monoisotopic (exact) mass is 669 g/mol. The van der Waals surface area contributed by atoms with Gasteiger partial charge in [-0.1, -0.05) is 43.8 Å². The number of benzene rings is 1. The van der Waals surface area contributed by atoms with E-state index in [4.69, 9.17) is 28.8 Å². The molecule has 48 heavy (non-hydrogen) atoms. The summed E-state index contributed by atoms with van der Waals surface area (Å²) in [7, 11) is 1.37. The van der Waals surface area contributed by atoms with E-state index >= 15 is 0 Å². The average molecular weight is 670 g/mol. The van der Waals surface area contributed by atoms with Gasteiger partial charge in [-0.2, -0.15) is 0 Å². The number of likely N-dealkylation sites (N-methyl/N-ethyl adjacent to an activating group) is 1. The molecule has 0 radical (unpaired) electrons. The molecular formula is C31H39N7O10. The molecule has 1 unspecified atom stereocenters. The number of aryl methyl sites for hydroxylation is 1. The number of hydrogen-bond donors (Lipinski definition) is 3. The Labute approximate surface area is 275 Å². The second-order valence-corrected chi connectivity index (χ2v) is 10.9. The third kappa shape index (κ3) is 9.65. The summed E-state index contributed by atoms with van der Waals surface area (Å²) in [6.45, 7) is 3.61. The number of ether oxygens (including phenoxy) is 3. The van der Waals surface area contributed by atoms with Crippen LogP contribution in [0.2, 0.25) is 0 Å². The number of hydrogen-bond acceptors (Lipinski definition) is 12. The highest BCUT2D eigenvalue weighted by Gasteiger charge is 2.34. The second-order valence-electron chi connectivity index (χ2n) is 10.9. The van der Waals surface area contributed by atoms with Crippen LogP contribution in [0.3, 0.4) is 0 Å². The molecule has 4 rings (SSSR count). The molecule has 0 saturated carbocycles. The van der Waals surface area contributed by atoms with Crippen LogP contribution in [0.15, 0.2) is 62.2 Å². The minimum absolute atomic E-state index is 0. The lowest BCUT2D eigenvalue weighted by Gasteiger charge is -2.27. The topological polar surface area (TPSA) is 223 Å². The molecule has 17 nitrogen and oxygen atoms in total. The van der Waals surface area contributed by atoms with E-state index in [1.165, 1.54) is 27.8 Å². The van der Waals surface area contributed by atoms with Gasteiger partial charge in [0.05, 0.1) is 18.9 Å². The van der Waals surface area contributed by atoms with Gasteiger partial charge in [0.25, 0.3) is 0 Å². The van der Waals surface area contributed by atoms with Gasteiger partial charge in [0.2, 0.25) is 11.8 Å². The molecule has 17 heteroatoms. The maximum absolute atomic E-state index is 13.6. The summed E-state index contributed by atoms with van der Waals surface area (Å²) in [6, 6.07) is 13.5. The van der Waals surface area contributed by atoms with Crippen LogP contribution >= 0.6 is 0 Å². The molecule has 3 heterocycles. The van der Waals surface area contributed by atoms with Crippen molar-refractivity contribution in [2.45, 2.75) is 59.6 Å². The Kier molecular flexibility index (Phi) is 12.4. The lowest BCUT2D eigenvalue weighted by atomic mass is 10.0. The molecule has 3 aromatic heterocycles. The standard InChI is InChI=1S/C30H35N7O10.CH4/c1-18-22(47-29(42)46-18)17-44-27(40)33-30(2,3)26(39)32-21(16-43-14-19-9-6-5-7-10-19)25-35-34-24-12-8-11-20(37(24)25)15-45-28(41)36(4)13-23(31)38;/h5-12,21H,13-17H2,1-4H3,(H2,31,38)(H,32,39)(H,33,40);1H4. The molecule has 4 amide bonds. The van der Waals surface area contributed by atoms with E-state index in [-0.39, 0.29) is 51.1 Å². The number of nitrogens with zero attached hydrogens (tertiary/aromatic N) is 4. The number of amides is 4. The van der Waals surface area contributed by atoms with E-state index in [0.717, 1.165) is 10.5 Å². The van der Waals surface area contributed by atoms with Crippen LogP contribution in [-0.4, -0.2) is 69.2 Å². The van der Waals surface area contributed by atoms with Crippen molar-refractivity contribution >= 4 is 29.6 Å². The molecule has 0 aliphatic rings. The highest BCUT2D eigenvalue weighted by atomic mass is 16.6. The first-order chi connectivity index (χ1) is 22.3. The van der Waals surface area contributed by atoms with Crippen molar-refractivity contribution in [3.05, 3.63) is 87.8 Å². The van der Waals surface area contributed by atoms with Crippen LogP contribution < -0.4 is 22.2 Å². The van der Waals surface area contributed by atoms with Gasteiger partial charge in [-0.3, -0.25) is 14.0 Å². The summed E-state index contributed by atoms with van der Waals surface area (Å²) >= 11 is 0. The Morgan fingerprint density at radius 1 is 1.00 bits per heavy atom. The third-order valence-corrected chi connectivity index (χ3v) is 6.75. The lowest BCUT2D eigenvalue weighted by molar-refractivity contribution is -0.127. The highest BCUT2D eigenvalue weighted by Crippen LogP contribution is 2.19. The molecule has 1 aromatic carbocycles. The van der Waals surface area contributed by atoms with Crippen molar-refractivity contribution in [3.8, 4) is 0 Å². The largest absolute Gasteiger partial charge is 0.519 e. The number of carbonyl (C=O) groups is 4. The predicted molar refractivity (Wildman–Crippen MR) is 168 cm³/mol. The summed E-state index contributed by atoms with van der Waals surface area (Å²) in [5.41, 5.74) is 5.40. The minimum Gasteiger partial charge on any atom is -0.443 e. The number of nitrogens with one attached hydrogen (secondary N) is 2. The van der Waals surface area contributed by atoms with Crippen LogP contribution in [0.4, 0.5) is 9.59 Å². The van der Waals surface area contributed by atoms with E-state index in [9.17, 15) is 24.0 Å². The van der Waals surface area contributed by atoms with Gasteiger partial charge in [0, 0.05) is 7.05 Å². The van der Waals surface area contributed by atoms with Gasteiger partial charge in [0.15, 0.2) is 29.6 Å². The van der Waals surface area contributed by atoms with E-state index in [0.29, 0.717) is 11.3 Å². The zero-order valence-electron chi connectivity index (χ0n) is 26.2. The van der Waals surface area contributed by atoms with Gasteiger partial charge in [-0.15, -0.1) is 10.2 Å². The van der Waals surface area contributed by atoms with E-state index in [1.54, 1.807) is 22.6 Å². The molecule has 0 aliphatic carbocycles. The van der Waals surface area contributed by atoms with Crippen molar-refractivity contribution in [1.82, 2.24) is 30.1 Å². The molecule has 258 valence electrons. The summed E-state index contributed by atoms with van der Waals surface area (Å²) in [5.74, 6) is -1.81. The number of rotatable bonds is 14. The van der Waals surface area contributed by atoms with Gasteiger partial charge < -0.3 is 44.3 Å². The fourth-order valence-corrected chi connectivity index (χ4v) is 4.29. The molecule has 0 saturated heterocycles. The Morgan fingerprint density at radius 3 is 2.40 bits per heavy atom. The molecule has 0 fully saturated rings. The molecule has 0 spiro atoms. The number of nitrogens with two attached hydrogens (primary N) is 1. The fraction of sp³-hybridized carbons (Fsp3) is 0.387. The van der Waals surface area contributed by atoms with Gasteiger partial charge in [-0.05, 0) is 38.5 Å². The van der Waals surface area contributed by atoms with Gasteiger partial charge >= 0.3 is 18.0 Å².